The number of fused-ring (bicyclic) bond motifs is 1. The van der Waals surface area contributed by atoms with E-state index < -0.39 is 9.05 Å². The standard InChI is InChI=1S/C9H8ClNO2S2/c1-6-11-8-3-2-7(4-9(8)14-6)5-15(10,12)13/h2-4H,5H2,1H3. The molecule has 0 atom stereocenters. The van der Waals surface area contributed by atoms with Gasteiger partial charge in [-0.2, -0.15) is 0 Å². The van der Waals surface area contributed by atoms with E-state index >= 15 is 0 Å². The van der Waals surface area contributed by atoms with Crippen molar-refractivity contribution in [1.82, 2.24) is 4.98 Å². The molecule has 0 N–H and O–H groups in total. The molecule has 0 spiro atoms. The van der Waals surface area contributed by atoms with E-state index in [9.17, 15) is 8.42 Å². The molecular weight excluding hydrogens is 254 g/mol. The van der Waals surface area contributed by atoms with Crippen LogP contribution in [0.25, 0.3) is 10.2 Å². The van der Waals surface area contributed by atoms with Crippen molar-refractivity contribution in [2.24, 2.45) is 0 Å². The first-order valence-electron chi connectivity index (χ1n) is 4.22. The number of hydrogen-bond donors (Lipinski definition) is 0. The first-order chi connectivity index (χ1) is 6.94. The normalized spacial score (nSPS) is 12.1. The van der Waals surface area contributed by atoms with Crippen molar-refractivity contribution in [2.45, 2.75) is 12.7 Å². The third-order valence-electron chi connectivity index (χ3n) is 1.90. The minimum Gasteiger partial charge on any atom is -0.242 e. The summed E-state index contributed by atoms with van der Waals surface area (Å²) in [6, 6.07) is 5.37. The zero-order valence-corrected chi connectivity index (χ0v) is 10.3. The molecule has 0 aliphatic carbocycles. The van der Waals surface area contributed by atoms with Crippen LogP contribution in [0.2, 0.25) is 0 Å². The molecule has 0 bridgehead atoms. The minimum absolute atomic E-state index is 0.137. The Morgan fingerprint density at radius 1 is 1.47 bits per heavy atom. The van der Waals surface area contributed by atoms with E-state index in [4.69, 9.17) is 10.7 Å². The summed E-state index contributed by atoms with van der Waals surface area (Å²) in [6.07, 6.45) is 0. The van der Waals surface area contributed by atoms with Gasteiger partial charge in [0.1, 0.15) is 0 Å². The van der Waals surface area contributed by atoms with Crippen LogP contribution < -0.4 is 0 Å². The van der Waals surface area contributed by atoms with Crippen molar-refractivity contribution in [3.63, 3.8) is 0 Å². The van der Waals surface area contributed by atoms with Crippen LogP contribution in [-0.4, -0.2) is 13.4 Å². The smallest absolute Gasteiger partial charge is 0.236 e. The molecule has 0 unspecified atom stereocenters. The van der Waals surface area contributed by atoms with Gasteiger partial charge in [0.15, 0.2) is 0 Å². The second-order valence-corrected chi connectivity index (χ2v) is 7.23. The summed E-state index contributed by atoms with van der Waals surface area (Å²) in [6.45, 7) is 1.92. The lowest BCUT2D eigenvalue weighted by atomic mass is 10.2. The maximum absolute atomic E-state index is 10.9. The topological polar surface area (TPSA) is 47.0 Å². The molecule has 0 fully saturated rings. The van der Waals surface area contributed by atoms with Crippen LogP contribution in [0.4, 0.5) is 0 Å². The Morgan fingerprint density at radius 3 is 2.87 bits per heavy atom. The van der Waals surface area contributed by atoms with E-state index in [1.807, 2.05) is 19.1 Å². The molecule has 1 aromatic heterocycles. The number of aryl methyl sites for hydroxylation is 1. The first kappa shape index (κ1) is 10.9. The Balaban J connectivity index is 2.47. The molecule has 0 saturated heterocycles. The Labute approximate surface area is 96.1 Å². The van der Waals surface area contributed by atoms with E-state index in [1.54, 1.807) is 17.4 Å². The van der Waals surface area contributed by atoms with Crippen molar-refractivity contribution in [3.05, 3.63) is 28.8 Å². The second kappa shape index (κ2) is 3.73. The van der Waals surface area contributed by atoms with Crippen LogP contribution in [0.15, 0.2) is 18.2 Å². The van der Waals surface area contributed by atoms with E-state index in [1.165, 1.54) is 0 Å². The number of rotatable bonds is 2. The minimum atomic E-state index is -3.48. The van der Waals surface area contributed by atoms with Crippen molar-refractivity contribution >= 4 is 41.3 Å². The van der Waals surface area contributed by atoms with Crippen LogP contribution in [0.5, 0.6) is 0 Å². The number of aromatic nitrogens is 1. The van der Waals surface area contributed by atoms with Gasteiger partial charge in [-0.1, -0.05) is 6.07 Å². The molecule has 0 saturated carbocycles. The Bertz CT molecular complexity index is 604. The molecule has 0 aliphatic heterocycles. The summed E-state index contributed by atoms with van der Waals surface area (Å²) in [5.41, 5.74) is 1.59. The summed E-state index contributed by atoms with van der Waals surface area (Å²) < 4.78 is 22.8. The lowest BCUT2D eigenvalue weighted by Crippen LogP contribution is -1.94. The zero-order chi connectivity index (χ0) is 11.1. The van der Waals surface area contributed by atoms with Crippen LogP contribution in [0.1, 0.15) is 10.6 Å². The molecule has 0 aliphatic rings. The van der Waals surface area contributed by atoms with Gasteiger partial charge in [-0.15, -0.1) is 11.3 Å². The Kier molecular flexibility index (Phi) is 2.70. The first-order valence-corrected chi connectivity index (χ1v) is 7.52. The molecular formula is C9H8ClNO2S2. The largest absolute Gasteiger partial charge is 0.242 e. The van der Waals surface area contributed by atoms with Crippen LogP contribution in [0.3, 0.4) is 0 Å². The van der Waals surface area contributed by atoms with E-state index in [0.717, 1.165) is 15.2 Å². The highest BCUT2D eigenvalue weighted by atomic mass is 35.7. The number of nitrogens with zero attached hydrogens (tertiary/aromatic N) is 1. The highest BCUT2D eigenvalue weighted by Gasteiger charge is 2.08. The molecule has 1 heterocycles. The van der Waals surface area contributed by atoms with E-state index in [-0.39, 0.29) is 5.75 Å². The van der Waals surface area contributed by atoms with E-state index in [2.05, 4.69) is 4.98 Å². The van der Waals surface area contributed by atoms with Gasteiger partial charge in [-0.25, -0.2) is 13.4 Å². The lowest BCUT2D eigenvalue weighted by molar-refractivity contribution is 0.609. The van der Waals surface area contributed by atoms with Gasteiger partial charge in [0.25, 0.3) is 0 Å². The van der Waals surface area contributed by atoms with Crippen molar-refractivity contribution in [1.29, 1.82) is 0 Å². The maximum atomic E-state index is 10.9. The Morgan fingerprint density at radius 2 is 2.20 bits per heavy atom. The fraction of sp³-hybridized carbons (Fsp3) is 0.222. The van der Waals surface area contributed by atoms with Crippen molar-refractivity contribution in [2.75, 3.05) is 0 Å². The zero-order valence-electron chi connectivity index (χ0n) is 7.90. The summed E-state index contributed by atoms with van der Waals surface area (Å²) in [5.74, 6) is -0.137. The predicted molar refractivity (Wildman–Crippen MR) is 62.8 cm³/mol. The van der Waals surface area contributed by atoms with Gasteiger partial charge in [0, 0.05) is 10.7 Å². The van der Waals surface area contributed by atoms with Crippen molar-refractivity contribution in [3.8, 4) is 0 Å². The SMILES string of the molecule is Cc1nc2ccc(CS(=O)(=O)Cl)cc2s1. The number of thiazole rings is 1. The molecule has 2 aromatic rings. The average molecular weight is 262 g/mol. The maximum Gasteiger partial charge on any atom is 0.236 e. The van der Waals surface area contributed by atoms with Crippen LogP contribution >= 0.6 is 22.0 Å². The summed E-state index contributed by atoms with van der Waals surface area (Å²) in [5, 5.41) is 0.968. The fourth-order valence-corrected chi connectivity index (χ4v) is 3.22. The highest BCUT2D eigenvalue weighted by Crippen LogP contribution is 2.23. The molecule has 0 radical (unpaired) electrons. The van der Waals surface area contributed by atoms with E-state index in [0.29, 0.717) is 5.56 Å². The summed E-state index contributed by atoms with van der Waals surface area (Å²) >= 11 is 1.54. The predicted octanol–water partition coefficient (Wildman–Crippen LogP) is 2.67. The van der Waals surface area contributed by atoms with Crippen LogP contribution in [0, 0.1) is 6.92 Å². The quantitative estimate of drug-likeness (QED) is 0.781. The molecule has 1 aromatic carbocycles. The fourth-order valence-electron chi connectivity index (χ4n) is 1.37. The summed E-state index contributed by atoms with van der Waals surface area (Å²) in [7, 11) is 1.70. The molecule has 15 heavy (non-hydrogen) atoms. The molecule has 0 amide bonds. The number of halogens is 1. The highest BCUT2D eigenvalue weighted by molar-refractivity contribution is 8.13. The second-order valence-electron chi connectivity index (χ2n) is 3.22. The van der Waals surface area contributed by atoms with Crippen molar-refractivity contribution < 1.29 is 8.42 Å². The van der Waals surface area contributed by atoms with Gasteiger partial charge in [-0.3, -0.25) is 0 Å². The van der Waals surface area contributed by atoms with Gasteiger partial charge in [-0.05, 0) is 24.6 Å². The van der Waals surface area contributed by atoms with Gasteiger partial charge >= 0.3 is 0 Å². The van der Waals surface area contributed by atoms with Crippen LogP contribution in [-0.2, 0) is 14.8 Å². The Hall–Kier alpha value is -0.650. The third kappa shape index (κ3) is 2.68. The number of benzene rings is 1. The van der Waals surface area contributed by atoms with Gasteiger partial charge < -0.3 is 0 Å². The molecule has 6 heteroatoms. The molecule has 2 rings (SSSR count). The van der Waals surface area contributed by atoms with Gasteiger partial charge in [0.05, 0.1) is 21.0 Å². The monoisotopic (exact) mass is 261 g/mol. The average Bonchev–Trinajstić information content (AvgIpc) is 2.40. The lowest BCUT2D eigenvalue weighted by Gasteiger charge is -1.96. The van der Waals surface area contributed by atoms with Gasteiger partial charge in [0.2, 0.25) is 9.05 Å². The summed E-state index contributed by atoms with van der Waals surface area (Å²) in [4.78, 5) is 4.29. The number of hydrogen-bond acceptors (Lipinski definition) is 4. The third-order valence-corrected chi connectivity index (χ3v) is 3.84. The molecule has 80 valence electrons. The molecule has 3 nitrogen and oxygen atoms in total.